The fraction of sp³-hybridized carbons (Fsp3) is 0.571. The van der Waals surface area contributed by atoms with Gasteiger partial charge in [0, 0.05) is 24.2 Å². The molecule has 1 rings (SSSR count). The first-order valence-electron chi connectivity index (χ1n) is 6.52. The Labute approximate surface area is 118 Å². The van der Waals surface area contributed by atoms with Crippen LogP contribution in [-0.2, 0) is 5.41 Å². The molecule has 0 aliphatic heterocycles. The number of hydrogen-bond acceptors (Lipinski definition) is 5. The van der Waals surface area contributed by atoms with Crippen LogP contribution >= 0.6 is 0 Å². The van der Waals surface area contributed by atoms with Gasteiger partial charge in [-0.3, -0.25) is 0 Å². The van der Waals surface area contributed by atoms with Crippen molar-refractivity contribution in [3.05, 3.63) is 23.4 Å². The highest BCUT2D eigenvalue weighted by molar-refractivity contribution is 5.88. The zero-order valence-electron chi connectivity index (χ0n) is 12.1. The molecule has 6 heteroatoms. The van der Waals surface area contributed by atoms with Crippen molar-refractivity contribution in [2.45, 2.75) is 26.2 Å². The van der Waals surface area contributed by atoms with Gasteiger partial charge in [0.05, 0.1) is 18.8 Å². The molecular weight excluding hydrogens is 260 g/mol. The van der Waals surface area contributed by atoms with Crippen LogP contribution in [-0.4, -0.2) is 52.6 Å². The molecule has 0 radical (unpaired) electrons. The number of carboxylic acid groups (broad SMARTS) is 1. The Morgan fingerprint density at radius 3 is 2.15 bits per heavy atom. The SMILES string of the molecule is CC(C)(C)c1cc(C(=O)O)cc(N(CCO)CCO)n1. The predicted octanol–water partition coefficient (Wildman–Crippen LogP) is 0.868. The summed E-state index contributed by atoms with van der Waals surface area (Å²) in [5, 5.41) is 27.3. The normalized spacial score (nSPS) is 11.4. The summed E-state index contributed by atoms with van der Waals surface area (Å²) in [5.41, 5.74) is 0.527. The molecule has 0 aliphatic rings. The quantitative estimate of drug-likeness (QED) is 0.716. The molecule has 0 amide bonds. The highest BCUT2D eigenvalue weighted by Gasteiger charge is 2.20. The van der Waals surface area contributed by atoms with E-state index >= 15 is 0 Å². The van der Waals surface area contributed by atoms with Crippen molar-refractivity contribution >= 4 is 11.8 Å². The molecule has 0 aliphatic carbocycles. The molecule has 0 unspecified atom stereocenters. The molecule has 0 saturated carbocycles. The van der Waals surface area contributed by atoms with Gasteiger partial charge in [-0.15, -0.1) is 0 Å². The number of carbonyl (C=O) groups is 1. The summed E-state index contributed by atoms with van der Waals surface area (Å²) in [6, 6.07) is 3.02. The lowest BCUT2D eigenvalue weighted by Gasteiger charge is -2.25. The van der Waals surface area contributed by atoms with Crippen molar-refractivity contribution in [2.24, 2.45) is 0 Å². The first kappa shape index (κ1) is 16.4. The molecule has 1 aromatic rings. The zero-order chi connectivity index (χ0) is 15.3. The Bertz CT molecular complexity index is 463. The van der Waals surface area contributed by atoms with Crippen LogP contribution in [0.25, 0.3) is 0 Å². The van der Waals surface area contributed by atoms with Crippen molar-refractivity contribution in [3.8, 4) is 0 Å². The van der Waals surface area contributed by atoms with Crippen molar-refractivity contribution in [1.29, 1.82) is 0 Å². The largest absolute Gasteiger partial charge is 0.478 e. The van der Waals surface area contributed by atoms with Crippen LogP contribution in [0.5, 0.6) is 0 Å². The number of aliphatic hydroxyl groups is 2. The lowest BCUT2D eigenvalue weighted by atomic mass is 9.90. The van der Waals surface area contributed by atoms with Gasteiger partial charge >= 0.3 is 5.97 Å². The van der Waals surface area contributed by atoms with Gasteiger partial charge in [-0.1, -0.05) is 20.8 Å². The summed E-state index contributed by atoms with van der Waals surface area (Å²) in [6.45, 7) is 6.25. The third kappa shape index (κ3) is 4.18. The standard InChI is InChI=1S/C14H22N2O4/c1-14(2,3)11-8-10(13(19)20)9-12(15-11)16(4-6-17)5-7-18/h8-9,17-18H,4-7H2,1-3H3,(H,19,20). The van der Waals surface area contributed by atoms with Gasteiger partial charge in [0.2, 0.25) is 0 Å². The Hall–Kier alpha value is -1.66. The highest BCUT2D eigenvalue weighted by atomic mass is 16.4. The Balaban J connectivity index is 3.29. The van der Waals surface area contributed by atoms with Gasteiger partial charge in [0.15, 0.2) is 0 Å². The Morgan fingerprint density at radius 2 is 1.75 bits per heavy atom. The molecule has 1 heterocycles. The van der Waals surface area contributed by atoms with E-state index in [0.29, 0.717) is 24.6 Å². The summed E-state index contributed by atoms with van der Waals surface area (Å²) in [5.74, 6) is -0.565. The molecule has 0 atom stereocenters. The van der Waals surface area contributed by atoms with Gasteiger partial charge in [-0.2, -0.15) is 0 Å². The van der Waals surface area contributed by atoms with Crippen LogP contribution < -0.4 is 4.90 Å². The second-order valence-electron chi connectivity index (χ2n) is 5.59. The van der Waals surface area contributed by atoms with Gasteiger partial charge in [0.1, 0.15) is 5.82 Å². The molecule has 0 saturated heterocycles. The summed E-state index contributed by atoms with van der Waals surface area (Å²) in [4.78, 5) is 17.4. The summed E-state index contributed by atoms with van der Waals surface area (Å²) < 4.78 is 0. The van der Waals surface area contributed by atoms with Crippen LogP contribution in [0.15, 0.2) is 12.1 Å². The maximum atomic E-state index is 11.2. The van der Waals surface area contributed by atoms with Crippen LogP contribution in [0, 0.1) is 0 Å². The predicted molar refractivity (Wildman–Crippen MR) is 76.3 cm³/mol. The van der Waals surface area contributed by atoms with Crippen molar-refractivity contribution in [1.82, 2.24) is 4.98 Å². The molecule has 0 fully saturated rings. The van der Waals surface area contributed by atoms with E-state index in [4.69, 9.17) is 10.2 Å². The second kappa shape index (κ2) is 6.67. The topological polar surface area (TPSA) is 93.9 Å². The summed E-state index contributed by atoms with van der Waals surface area (Å²) in [6.07, 6.45) is 0. The molecule has 20 heavy (non-hydrogen) atoms. The first-order chi connectivity index (χ1) is 9.29. The number of anilines is 1. The number of hydrogen-bond donors (Lipinski definition) is 3. The molecule has 0 spiro atoms. The maximum Gasteiger partial charge on any atom is 0.335 e. The van der Waals surface area contributed by atoms with Crippen LogP contribution in [0.3, 0.4) is 0 Å². The van der Waals surface area contributed by atoms with Crippen LogP contribution in [0.2, 0.25) is 0 Å². The van der Waals surface area contributed by atoms with E-state index in [9.17, 15) is 9.90 Å². The third-order valence-electron chi connectivity index (χ3n) is 2.89. The smallest absolute Gasteiger partial charge is 0.335 e. The second-order valence-corrected chi connectivity index (χ2v) is 5.59. The summed E-state index contributed by atoms with van der Waals surface area (Å²) in [7, 11) is 0. The monoisotopic (exact) mass is 282 g/mol. The van der Waals surface area contributed by atoms with E-state index in [-0.39, 0.29) is 24.2 Å². The Kier molecular flexibility index (Phi) is 5.47. The van der Waals surface area contributed by atoms with E-state index in [1.165, 1.54) is 6.07 Å². The maximum absolute atomic E-state index is 11.2. The van der Waals surface area contributed by atoms with E-state index in [1.54, 1.807) is 11.0 Å². The van der Waals surface area contributed by atoms with Crippen molar-refractivity contribution in [3.63, 3.8) is 0 Å². The van der Waals surface area contributed by atoms with E-state index in [2.05, 4.69) is 4.98 Å². The number of aromatic carboxylic acids is 1. The highest BCUT2D eigenvalue weighted by Crippen LogP contribution is 2.25. The number of pyridine rings is 1. The molecule has 6 nitrogen and oxygen atoms in total. The zero-order valence-corrected chi connectivity index (χ0v) is 12.1. The minimum Gasteiger partial charge on any atom is -0.478 e. The first-order valence-corrected chi connectivity index (χ1v) is 6.52. The average molecular weight is 282 g/mol. The molecule has 112 valence electrons. The number of aromatic nitrogens is 1. The lowest BCUT2D eigenvalue weighted by molar-refractivity contribution is 0.0696. The molecule has 0 aromatic carbocycles. The van der Waals surface area contributed by atoms with E-state index < -0.39 is 5.97 Å². The number of nitrogens with zero attached hydrogens (tertiary/aromatic N) is 2. The minimum absolute atomic E-state index is 0.0934. The lowest BCUT2D eigenvalue weighted by Crippen LogP contribution is -2.31. The van der Waals surface area contributed by atoms with Gasteiger partial charge in [0.25, 0.3) is 0 Å². The molecule has 0 bridgehead atoms. The van der Waals surface area contributed by atoms with Crippen molar-refractivity contribution < 1.29 is 20.1 Å². The average Bonchev–Trinajstić information content (AvgIpc) is 2.37. The summed E-state index contributed by atoms with van der Waals surface area (Å²) >= 11 is 0. The number of carboxylic acids is 1. The van der Waals surface area contributed by atoms with Crippen LogP contribution in [0.4, 0.5) is 5.82 Å². The van der Waals surface area contributed by atoms with E-state index in [1.807, 2.05) is 20.8 Å². The molecular formula is C14H22N2O4. The van der Waals surface area contributed by atoms with Crippen molar-refractivity contribution in [2.75, 3.05) is 31.2 Å². The minimum atomic E-state index is -1.02. The van der Waals surface area contributed by atoms with Gasteiger partial charge in [-0.25, -0.2) is 9.78 Å². The van der Waals surface area contributed by atoms with Gasteiger partial charge < -0.3 is 20.2 Å². The van der Waals surface area contributed by atoms with E-state index in [0.717, 1.165) is 0 Å². The van der Waals surface area contributed by atoms with Gasteiger partial charge in [-0.05, 0) is 12.1 Å². The fourth-order valence-corrected chi connectivity index (χ4v) is 1.77. The fourth-order valence-electron chi connectivity index (χ4n) is 1.77. The third-order valence-corrected chi connectivity index (χ3v) is 2.89. The Morgan fingerprint density at radius 1 is 1.20 bits per heavy atom. The van der Waals surface area contributed by atoms with Crippen LogP contribution in [0.1, 0.15) is 36.8 Å². The number of rotatable bonds is 6. The molecule has 3 N–H and O–H groups in total. The molecule has 1 aromatic heterocycles. The number of aliphatic hydroxyl groups excluding tert-OH is 2.